The second kappa shape index (κ2) is 3.69. The van der Waals surface area contributed by atoms with Crippen molar-refractivity contribution in [3.8, 4) is 5.75 Å². The van der Waals surface area contributed by atoms with E-state index in [-0.39, 0.29) is 0 Å². The maximum Gasteiger partial charge on any atom is 0.142 e. The lowest BCUT2D eigenvalue weighted by atomic mass is 10.3. The average Bonchev–Trinajstić information content (AvgIpc) is 2.04. The van der Waals surface area contributed by atoms with Crippen molar-refractivity contribution in [2.75, 3.05) is 7.11 Å². The number of hydrogen-bond donors (Lipinski definition) is 1. The topological polar surface area (TPSA) is 48.1 Å². The Hall–Kier alpha value is -0.610. The predicted molar refractivity (Wildman–Crippen MR) is 46.4 cm³/mol. The van der Waals surface area contributed by atoms with Gasteiger partial charge in [-0.3, -0.25) is 4.98 Å². The van der Waals surface area contributed by atoms with E-state index in [2.05, 4.69) is 20.9 Å². The van der Waals surface area contributed by atoms with Crippen molar-refractivity contribution < 1.29 is 4.74 Å². The van der Waals surface area contributed by atoms with Gasteiger partial charge in [0.1, 0.15) is 5.75 Å². The monoisotopic (exact) mass is 216 g/mol. The molecule has 1 heterocycles. The maximum atomic E-state index is 5.42. The standard InChI is InChI=1S/C7H9BrN2O/c1-11-7-2-5(8)4-10-6(7)3-9/h2,4H,3,9H2,1H3. The number of halogens is 1. The van der Waals surface area contributed by atoms with E-state index in [1.54, 1.807) is 13.3 Å². The molecule has 0 aliphatic carbocycles. The second-order valence-corrected chi connectivity index (χ2v) is 2.92. The van der Waals surface area contributed by atoms with Crippen LogP contribution in [0.15, 0.2) is 16.7 Å². The van der Waals surface area contributed by atoms with Crippen molar-refractivity contribution in [1.82, 2.24) is 4.98 Å². The fourth-order valence-corrected chi connectivity index (χ4v) is 1.09. The Bertz CT molecular complexity index is 252. The van der Waals surface area contributed by atoms with Gasteiger partial charge in [0, 0.05) is 17.2 Å². The summed E-state index contributed by atoms with van der Waals surface area (Å²) >= 11 is 3.28. The maximum absolute atomic E-state index is 5.42. The number of pyridine rings is 1. The number of ether oxygens (including phenoxy) is 1. The van der Waals surface area contributed by atoms with Gasteiger partial charge in [-0.2, -0.15) is 0 Å². The van der Waals surface area contributed by atoms with Crippen LogP contribution in [0.1, 0.15) is 5.69 Å². The normalized spacial score (nSPS) is 9.73. The van der Waals surface area contributed by atoms with Crippen LogP contribution in [0.4, 0.5) is 0 Å². The van der Waals surface area contributed by atoms with Gasteiger partial charge in [-0.05, 0) is 22.0 Å². The van der Waals surface area contributed by atoms with E-state index in [0.29, 0.717) is 6.54 Å². The van der Waals surface area contributed by atoms with Crippen molar-refractivity contribution in [3.05, 3.63) is 22.4 Å². The summed E-state index contributed by atoms with van der Waals surface area (Å²) in [6.07, 6.45) is 1.70. The molecule has 0 radical (unpaired) electrons. The van der Waals surface area contributed by atoms with E-state index in [1.165, 1.54) is 0 Å². The molecule has 0 atom stereocenters. The number of nitrogens with two attached hydrogens (primary N) is 1. The first kappa shape index (κ1) is 8.49. The van der Waals surface area contributed by atoms with Crippen molar-refractivity contribution in [2.45, 2.75) is 6.54 Å². The molecule has 0 amide bonds. The minimum atomic E-state index is 0.399. The molecule has 0 aliphatic rings. The third-order valence-electron chi connectivity index (χ3n) is 1.31. The number of rotatable bonds is 2. The molecule has 0 fully saturated rings. The highest BCUT2D eigenvalue weighted by molar-refractivity contribution is 9.10. The summed E-state index contributed by atoms with van der Waals surface area (Å²) in [4.78, 5) is 4.07. The summed E-state index contributed by atoms with van der Waals surface area (Å²) in [5.74, 6) is 0.724. The summed E-state index contributed by atoms with van der Waals surface area (Å²) in [7, 11) is 1.60. The largest absolute Gasteiger partial charge is 0.495 e. The van der Waals surface area contributed by atoms with Gasteiger partial charge in [-0.25, -0.2) is 0 Å². The van der Waals surface area contributed by atoms with Gasteiger partial charge in [0.25, 0.3) is 0 Å². The van der Waals surface area contributed by atoms with E-state index in [0.717, 1.165) is 15.9 Å². The summed E-state index contributed by atoms with van der Waals surface area (Å²) in [5.41, 5.74) is 6.19. The van der Waals surface area contributed by atoms with Gasteiger partial charge < -0.3 is 10.5 Å². The quantitative estimate of drug-likeness (QED) is 0.812. The Morgan fingerprint density at radius 2 is 2.45 bits per heavy atom. The highest BCUT2D eigenvalue weighted by Gasteiger charge is 2.01. The van der Waals surface area contributed by atoms with Crippen LogP contribution in [0.5, 0.6) is 5.75 Å². The molecule has 3 nitrogen and oxygen atoms in total. The molecule has 0 aromatic carbocycles. The molecule has 0 unspecified atom stereocenters. The third kappa shape index (κ3) is 1.91. The fourth-order valence-electron chi connectivity index (χ4n) is 0.779. The zero-order valence-electron chi connectivity index (χ0n) is 6.17. The first-order valence-corrected chi connectivity index (χ1v) is 3.95. The zero-order chi connectivity index (χ0) is 8.27. The molecule has 4 heteroatoms. The van der Waals surface area contributed by atoms with E-state index in [9.17, 15) is 0 Å². The van der Waals surface area contributed by atoms with E-state index in [1.807, 2.05) is 6.07 Å². The molecule has 0 saturated carbocycles. The van der Waals surface area contributed by atoms with Gasteiger partial charge in [0.15, 0.2) is 0 Å². The molecular weight excluding hydrogens is 208 g/mol. The van der Waals surface area contributed by atoms with Gasteiger partial charge in [-0.1, -0.05) is 0 Å². The predicted octanol–water partition coefficient (Wildman–Crippen LogP) is 1.31. The fraction of sp³-hybridized carbons (Fsp3) is 0.286. The molecule has 0 saturated heterocycles. The second-order valence-electron chi connectivity index (χ2n) is 2.01. The summed E-state index contributed by atoms with van der Waals surface area (Å²) in [6.45, 7) is 0.399. The van der Waals surface area contributed by atoms with Crippen LogP contribution in [-0.4, -0.2) is 12.1 Å². The molecule has 0 bridgehead atoms. The van der Waals surface area contributed by atoms with Crippen LogP contribution in [0, 0.1) is 0 Å². The highest BCUT2D eigenvalue weighted by atomic mass is 79.9. The molecule has 1 rings (SSSR count). The molecule has 1 aromatic rings. The number of hydrogen-bond acceptors (Lipinski definition) is 3. The number of nitrogens with zero attached hydrogens (tertiary/aromatic N) is 1. The summed E-state index contributed by atoms with van der Waals surface area (Å²) in [5, 5.41) is 0. The van der Waals surface area contributed by atoms with Crippen LogP contribution in [-0.2, 0) is 6.54 Å². The lowest BCUT2D eigenvalue weighted by Gasteiger charge is -2.04. The first-order chi connectivity index (χ1) is 5.27. The SMILES string of the molecule is COc1cc(Br)cnc1CN. The van der Waals surface area contributed by atoms with E-state index >= 15 is 0 Å². The molecular formula is C7H9BrN2O. The molecule has 11 heavy (non-hydrogen) atoms. The molecule has 2 N–H and O–H groups in total. The Morgan fingerprint density at radius 1 is 1.73 bits per heavy atom. The highest BCUT2D eigenvalue weighted by Crippen LogP contribution is 2.19. The van der Waals surface area contributed by atoms with Crippen LogP contribution >= 0.6 is 15.9 Å². The Labute approximate surface area is 73.7 Å². The van der Waals surface area contributed by atoms with Gasteiger partial charge in [-0.15, -0.1) is 0 Å². The van der Waals surface area contributed by atoms with Crippen molar-refractivity contribution >= 4 is 15.9 Å². The Balaban J connectivity index is 3.06. The van der Waals surface area contributed by atoms with Crippen LogP contribution in [0.2, 0.25) is 0 Å². The minimum absolute atomic E-state index is 0.399. The van der Waals surface area contributed by atoms with Gasteiger partial charge >= 0.3 is 0 Å². The van der Waals surface area contributed by atoms with Crippen molar-refractivity contribution in [1.29, 1.82) is 0 Å². The van der Waals surface area contributed by atoms with Gasteiger partial charge in [0.05, 0.1) is 12.8 Å². The molecule has 1 aromatic heterocycles. The number of aromatic nitrogens is 1. The lowest BCUT2D eigenvalue weighted by molar-refractivity contribution is 0.406. The lowest BCUT2D eigenvalue weighted by Crippen LogP contribution is -2.02. The Morgan fingerprint density at radius 3 is 3.00 bits per heavy atom. The smallest absolute Gasteiger partial charge is 0.142 e. The first-order valence-electron chi connectivity index (χ1n) is 3.16. The van der Waals surface area contributed by atoms with E-state index in [4.69, 9.17) is 10.5 Å². The Kier molecular flexibility index (Phi) is 2.84. The number of methoxy groups -OCH3 is 1. The molecule has 0 aliphatic heterocycles. The third-order valence-corrected chi connectivity index (χ3v) is 1.74. The van der Waals surface area contributed by atoms with Crippen molar-refractivity contribution in [2.24, 2.45) is 5.73 Å². The average molecular weight is 217 g/mol. The van der Waals surface area contributed by atoms with Gasteiger partial charge in [0.2, 0.25) is 0 Å². The minimum Gasteiger partial charge on any atom is -0.495 e. The van der Waals surface area contributed by atoms with Crippen molar-refractivity contribution in [3.63, 3.8) is 0 Å². The van der Waals surface area contributed by atoms with Crippen LogP contribution in [0.3, 0.4) is 0 Å². The zero-order valence-corrected chi connectivity index (χ0v) is 7.76. The molecule has 0 spiro atoms. The van der Waals surface area contributed by atoms with Crippen LogP contribution < -0.4 is 10.5 Å². The van der Waals surface area contributed by atoms with Crippen LogP contribution in [0.25, 0.3) is 0 Å². The molecule has 60 valence electrons. The summed E-state index contributed by atoms with van der Waals surface area (Å²) < 4.78 is 5.94. The summed E-state index contributed by atoms with van der Waals surface area (Å²) in [6, 6.07) is 1.84. The van der Waals surface area contributed by atoms with E-state index < -0.39 is 0 Å².